The first-order valence-corrected chi connectivity index (χ1v) is 9.37. The molecule has 5 heteroatoms. The molecule has 0 radical (unpaired) electrons. The molecular formula is C23H28N2O3. The van der Waals surface area contributed by atoms with Gasteiger partial charge in [0.15, 0.2) is 5.78 Å². The van der Waals surface area contributed by atoms with Crippen LogP contribution in [-0.2, 0) is 10.2 Å². The molecule has 5 nitrogen and oxygen atoms in total. The summed E-state index contributed by atoms with van der Waals surface area (Å²) >= 11 is 0. The molecule has 2 aromatic carbocycles. The van der Waals surface area contributed by atoms with E-state index in [-0.39, 0.29) is 23.0 Å². The summed E-state index contributed by atoms with van der Waals surface area (Å²) in [7, 11) is 0. The van der Waals surface area contributed by atoms with Crippen LogP contribution in [0.3, 0.4) is 0 Å². The van der Waals surface area contributed by atoms with Gasteiger partial charge in [-0.15, -0.1) is 0 Å². The highest BCUT2D eigenvalue weighted by molar-refractivity contribution is 5.96. The van der Waals surface area contributed by atoms with E-state index < -0.39 is 0 Å². The van der Waals surface area contributed by atoms with Crippen molar-refractivity contribution in [2.24, 2.45) is 0 Å². The largest absolute Gasteiger partial charge is 0.350 e. The zero-order valence-corrected chi connectivity index (χ0v) is 17.2. The minimum absolute atomic E-state index is 0.0225. The molecule has 0 aliphatic rings. The first-order valence-electron chi connectivity index (χ1n) is 9.37. The standard InChI is InChI=1S/C23H28N2O3/c1-16(26)18-8-12-21(13-9-18)25(17(2)27)15-14-24-22(28)19-6-10-20(11-7-19)23(3,4)5/h6-13H,14-15H2,1-5H3,(H,24,28). The summed E-state index contributed by atoms with van der Waals surface area (Å²) in [5.74, 6) is -0.319. The maximum atomic E-state index is 12.4. The van der Waals surface area contributed by atoms with E-state index in [2.05, 4.69) is 26.1 Å². The Bertz CT molecular complexity index is 847. The van der Waals surface area contributed by atoms with Crippen LogP contribution in [0.2, 0.25) is 0 Å². The van der Waals surface area contributed by atoms with Crippen LogP contribution < -0.4 is 10.2 Å². The van der Waals surface area contributed by atoms with E-state index in [1.807, 2.05) is 24.3 Å². The number of hydrogen-bond acceptors (Lipinski definition) is 3. The number of benzene rings is 2. The van der Waals surface area contributed by atoms with E-state index in [1.54, 1.807) is 29.2 Å². The smallest absolute Gasteiger partial charge is 0.251 e. The van der Waals surface area contributed by atoms with Crippen molar-refractivity contribution in [2.75, 3.05) is 18.0 Å². The molecule has 0 aliphatic carbocycles. The average molecular weight is 380 g/mol. The Morgan fingerprint density at radius 1 is 0.857 bits per heavy atom. The molecule has 0 spiro atoms. The second kappa shape index (κ2) is 8.83. The van der Waals surface area contributed by atoms with Gasteiger partial charge in [0.1, 0.15) is 0 Å². The number of anilines is 1. The fraction of sp³-hybridized carbons (Fsp3) is 0.348. The molecule has 0 atom stereocenters. The number of nitrogens with one attached hydrogen (secondary N) is 1. The second-order valence-electron chi connectivity index (χ2n) is 7.86. The zero-order valence-electron chi connectivity index (χ0n) is 17.2. The monoisotopic (exact) mass is 380 g/mol. The molecule has 2 rings (SSSR count). The van der Waals surface area contributed by atoms with Crippen molar-refractivity contribution in [1.29, 1.82) is 0 Å². The van der Waals surface area contributed by atoms with Gasteiger partial charge < -0.3 is 10.2 Å². The van der Waals surface area contributed by atoms with Gasteiger partial charge in [-0.3, -0.25) is 14.4 Å². The Morgan fingerprint density at radius 2 is 1.39 bits per heavy atom. The summed E-state index contributed by atoms with van der Waals surface area (Å²) in [6.07, 6.45) is 0. The highest BCUT2D eigenvalue weighted by Gasteiger charge is 2.15. The normalized spacial score (nSPS) is 11.0. The van der Waals surface area contributed by atoms with Crippen molar-refractivity contribution >= 4 is 23.3 Å². The van der Waals surface area contributed by atoms with Crippen molar-refractivity contribution in [3.05, 3.63) is 65.2 Å². The summed E-state index contributed by atoms with van der Waals surface area (Å²) < 4.78 is 0. The molecule has 148 valence electrons. The molecule has 0 fully saturated rings. The van der Waals surface area contributed by atoms with E-state index in [0.29, 0.717) is 29.9 Å². The fourth-order valence-electron chi connectivity index (χ4n) is 2.85. The molecule has 0 bridgehead atoms. The lowest BCUT2D eigenvalue weighted by Crippen LogP contribution is -2.37. The van der Waals surface area contributed by atoms with E-state index in [0.717, 1.165) is 0 Å². The van der Waals surface area contributed by atoms with Gasteiger partial charge in [0.05, 0.1) is 0 Å². The van der Waals surface area contributed by atoms with Crippen molar-refractivity contribution < 1.29 is 14.4 Å². The van der Waals surface area contributed by atoms with Gasteiger partial charge in [0.25, 0.3) is 5.91 Å². The summed E-state index contributed by atoms with van der Waals surface area (Å²) in [6, 6.07) is 14.4. The van der Waals surface area contributed by atoms with Crippen LogP contribution in [0.1, 0.15) is 60.9 Å². The average Bonchev–Trinajstić information content (AvgIpc) is 2.64. The van der Waals surface area contributed by atoms with Gasteiger partial charge in [-0.25, -0.2) is 0 Å². The fourth-order valence-corrected chi connectivity index (χ4v) is 2.85. The van der Waals surface area contributed by atoms with Crippen molar-refractivity contribution in [3.63, 3.8) is 0 Å². The third-order valence-electron chi connectivity index (χ3n) is 4.60. The number of Topliss-reactive ketones (excluding diaryl/α,β-unsaturated/α-hetero) is 1. The summed E-state index contributed by atoms with van der Waals surface area (Å²) in [5, 5.41) is 2.85. The summed E-state index contributed by atoms with van der Waals surface area (Å²) in [5.41, 5.74) is 3.09. The van der Waals surface area contributed by atoms with Crippen LogP contribution in [0.4, 0.5) is 5.69 Å². The van der Waals surface area contributed by atoms with E-state index in [4.69, 9.17) is 0 Å². The minimum Gasteiger partial charge on any atom is -0.350 e. The molecule has 2 amide bonds. The van der Waals surface area contributed by atoms with Gasteiger partial charge >= 0.3 is 0 Å². The molecule has 0 heterocycles. The Morgan fingerprint density at radius 3 is 1.86 bits per heavy atom. The van der Waals surface area contributed by atoms with Gasteiger partial charge in [-0.05, 0) is 54.3 Å². The molecule has 0 saturated heterocycles. The molecular weight excluding hydrogens is 352 g/mol. The lowest BCUT2D eigenvalue weighted by Gasteiger charge is -2.22. The van der Waals surface area contributed by atoms with E-state index >= 15 is 0 Å². The van der Waals surface area contributed by atoms with Gasteiger partial charge in [0, 0.05) is 36.8 Å². The number of carbonyl (C=O) groups is 3. The quantitative estimate of drug-likeness (QED) is 0.771. The molecule has 0 unspecified atom stereocenters. The highest BCUT2D eigenvalue weighted by Crippen LogP contribution is 2.22. The SMILES string of the molecule is CC(=O)c1ccc(N(CCNC(=O)c2ccc(C(C)(C)C)cc2)C(C)=O)cc1. The molecule has 0 aliphatic heterocycles. The summed E-state index contributed by atoms with van der Waals surface area (Å²) in [4.78, 5) is 37.3. The maximum absolute atomic E-state index is 12.4. The van der Waals surface area contributed by atoms with Crippen LogP contribution in [0, 0.1) is 0 Å². The lowest BCUT2D eigenvalue weighted by atomic mass is 9.87. The molecule has 1 N–H and O–H groups in total. The van der Waals surface area contributed by atoms with Gasteiger partial charge in [-0.1, -0.05) is 32.9 Å². The maximum Gasteiger partial charge on any atom is 0.251 e. The van der Waals surface area contributed by atoms with E-state index in [9.17, 15) is 14.4 Å². The third kappa shape index (κ3) is 5.52. The highest BCUT2D eigenvalue weighted by atomic mass is 16.2. The van der Waals surface area contributed by atoms with Gasteiger partial charge in [0.2, 0.25) is 5.91 Å². The van der Waals surface area contributed by atoms with Crippen molar-refractivity contribution in [2.45, 2.75) is 40.0 Å². The zero-order chi connectivity index (χ0) is 20.9. The van der Waals surface area contributed by atoms with Crippen LogP contribution in [0.5, 0.6) is 0 Å². The van der Waals surface area contributed by atoms with Crippen molar-refractivity contribution in [1.82, 2.24) is 5.32 Å². The van der Waals surface area contributed by atoms with Crippen LogP contribution in [0.25, 0.3) is 0 Å². The molecule has 0 aromatic heterocycles. The number of ketones is 1. The lowest BCUT2D eigenvalue weighted by molar-refractivity contribution is -0.116. The second-order valence-corrected chi connectivity index (χ2v) is 7.86. The number of carbonyl (C=O) groups excluding carboxylic acids is 3. The van der Waals surface area contributed by atoms with Crippen LogP contribution in [-0.4, -0.2) is 30.7 Å². The number of hydrogen-bond donors (Lipinski definition) is 1. The van der Waals surface area contributed by atoms with Crippen LogP contribution >= 0.6 is 0 Å². The molecule has 28 heavy (non-hydrogen) atoms. The Labute approximate surface area is 166 Å². The first-order chi connectivity index (χ1) is 13.1. The predicted octanol–water partition coefficient (Wildman–Crippen LogP) is 3.97. The van der Waals surface area contributed by atoms with Crippen molar-refractivity contribution in [3.8, 4) is 0 Å². The minimum atomic E-state index is -0.170. The van der Waals surface area contributed by atoms with Gasteiger partial charge in [-0.2, -0.15) is 0 Å². The first kappa shape index (κ1) is 21.4. The molecule has 2 aromatic rings. The number of amides is 2. The predicted molar refractivity (Wildman–Crippen MR) is 112 cm³/mol. The number of nitrogens with zero attached hydrogens (tertiary/aromatic N) is 1. The van der Waals surface area contributed by atoms with Crippen LogP contribution in [0.15, 0.2) is 48.5 Å². The Balaban J connectivity index is 1.98. The third-order valence-corrected chi connectivity index (χ3v) is 4.60. The van der Waals surface area contributed by atoms with E-state index in [1.165, 1.54) is 19.4 Å². The number of rotatable bonds is 6. The molecule has 0 saturated carbocycles. The topological polar surface area (TPSA) is 66.5 Å². The Hall–Kier alpha value is -2.95. The Kier molecular flexibility index (Phi) is 6.73. The summed E-state index contributed by atoms with van der Waals surface area (Å²) in [6.45, 7) is 10.0.